The SMILES string of the molecule is CCOc1cc(/C=C2/SC(=S)NC2=O)ccc1OCCOc1ccccc1Cl. The monoisotopic (exact) mass is 435 g/mol. The summed E-state index contributed by atoms with van der Waals surface area (Å²) in [6, 6.07) is 12.8. The Morgan fingerprint density at radius 1 is 1.07 bits per heavy atom. The highest BCUT2D eigenvalue weighted by Gasteiger charge is 2.22. The lowest BCUT2D eigenvalue weighted by molar-refractivity contribution is -0.115. The number of hydrogen-bond donors (Lipinski definition) is 1. The molecule has 1 aliphatic rings. The summed E-state index contributed by atoms with van der Waals surface area (Å²) >= 11 is 12.3. The summed E-state index contributed by atoms with van der Waals surface area (Å²) in [5.41, 5.74) is 0.825. The number of hydrogen-bond acceptors (Lipinski definition) is 6. The topological polar surface area (TPSA) is 56.8 Å². The Labute approximate surface area is 178 Å². The molecule has 0 radical (unpaired) electrons. The van der Waals surface area contributed by atoms with Crippen molar-refractivity contribution in [3.8, 4) is 17.2 Å². The number of para-hydroxylation sites is 1. The maximum absolute atomic E-state index is 11.8. The molecule has 1 amide bonds. The molecule has 1 aliphatic heterocycles. The van der Waals surface area contributed by atoms with E-state index in [2.05, 4.69) is 5.32 Å². The van der Waals surface area contributed by atoms with Crippen molar-refractivity contribution < 1.29 is 19.0 Å². The molecule has 0 aliphatic carbocycles. The number of carbonyl (C=O) groups is 1. The van der Waals surface area contributed by atoms with Gasteiger partial charge >= 0.3 is 0 Å². The number of amides is 1. The fraction of sp³-hybridized carbons (Fsp3) is 0.200. The number of benzene rings is 2. The van der Waals surface area contributed by atoms with Crippen LogP contribution in [-0.4, -0.2) is 30.0 Å². The van der Waals surface area contributed by atoms with Crippen molar-refractivity contribution in [2.45, 2.75) is 6.92 Å². The average molecular weight is 436 g/mol. The Bertz CT molecular complexity index is 917. The first-order valence-electron chi connectivity index (χ1n) is 8.58. The van der Waals surface area contributed by atoms with Crippen molar-refractivity contribution >= 4 is 51.9 Å². The fourth-order valence-corrected chi connectivity index (χ4v) is 3.67. The zero-order valence-corrected chi connectivity index (χ0v) is 17.5. The first kappa shape index (κ1) is 20.5. The number of ether oxygens (including phenoxy) is 3. The van der Waals surface area contributed by atoms with Crippen LogP contribution >= 0.6 is 35.6 Å². The second-order valence-electron chi connectivity index (χ2n) is 5.62. The third-order valence-corrected chi connectivity index (χ3v) is 5.12. The van der Waals surface area contributed by atoms with Crippen molar-refractivity contribution in [2.75, 3.05) is 19.8 Å². The standard InChI is InChI=1S/C20H18ClNO4S2/c1-2-24-17-11-13(12-18-19(23)22-20(27)28-18)7-8-16(17)26-10-9-25-15-6-4-3-5-14(15)21/h3-8,11-12H,2,9-10H2,1H3,(H,22,23,27)/b18-12+. The van der Waals surface area contributed by atoms with Gasteiger partial charge in [-0.15, -0.1) is 0 Å². The van der Waals surface area contributed by atoms with Crippen LogP contribution in [0, 0.1) is 0 Å². The minimum Gasteiger partial charge on any atom is -0.490 e. The van der Waals surface area contributed by atoms with Gasteiger partial charge in [0.2, 0.25) is 0 Å². The zero-order chi connectivity index (χ0) is 19.9. The molecule has 28 heavy (non-hydrogen) atoms. The summed E-state index contributed by atoms with van der Waals surface area (Å²) in [5.74, 6) is 1.63. The highest BCUT2D eigenvalue weighted by atomic mass is 35.5. The molecule has 0 saturated carbocycles. The van der Waals surface area contributed by atoms with Crippen molar-refractivity contribution in [2.24, 2.45) is 0 Å². The van der Waals surface area contributed by atoms with E-state index in [9.17, 15) is 4.79 Å². The molecular weight excluding hydrogens is 418 g/mol. The van der Waals surface area contributed by atoms with Crippen molar-refractivity contribution in [3.63, 3.8) is 0 Å². The number of thiocarbonyl (C=S) groups is 1. The van der Waals surface area contributed by atoms with Crippen molar-refractivity contribution in [3.05, 3.63) is 58.0 Å². The van der Waals surface area contributed by atoms with Gasteiger partial charge in [0.05, 0.1) is 16.5 Å². The fourth-order valence-electron chi connectivity index (χ4n) is 2.44. The van der Waals surface area contributed by atoms with E-state index in [0.717, 1.165) is 5.56 Å². The highest BCUT2D eigenvalue weighted by Crippen LogP contribution is 2.32. The van der Waals surface area contributed by atoms with Gasteiger partial charge in [0.1, 0.15) is 23.3 Å². The van der Waals surface area contributed by atoms with E-state index in [1.165, 1.54) is 11.8 Å². The van der Waals surface area contributed by atoms with Crippen LogP contribution in [0.1, 0.15) is 12.5 Å². The molecule has 5 nitrogen and oxygen atoms in total. The summed E-state index contributed by atoms with van der Waals surface area (Å²) in [6.45, 7) is 3.06. The molecule has 0 aromatic heterocycles. The van der Waals surface area contributed by atoms with Crippen LogP contribution in [-0.2, 0) is 4.79 Å². The van der Waals surface area contributed by atoms with Gasteiger partial charge in [0.15, 0.2) is 11.5 Å². The predicted octanol–water partition coefficient (Wildman–Crippen LogP) is 4.69. The molecule has 1 saturated heterocycles. The summed E-state index contributed by atoms with van der Waals surface area (Å²) in [7, 11) is 0. The van der Waals surface area contributed by atoms with E-state index in [4.69, 9.17) is 38.0 Å². The van der Waals surface area contributed by atoms with E-state index in [-0.39, 0.29) is 5.91 Å². The lowest BCUT2D eigenvalue weighted by atomic mass is 10.2. The maximum Gasteiger partial charge on any atom is 0.263 e. The second kappa shape index (κ2) is 9.82. The van der Waals surface area contributed by atoms with Gasteiger partial charge in [-0.1, -0.05) is 53.8 Å². The molecule has 146 valence electrons. The summed E-state index contributed by atoms with van der Waals surface area (Å²) < 4.78 is 17.6. The number of nitrogens with one attached hydrogen (secondary N) is 1. The van der Waals surface area contributed by atoms with Crippen LogP contribution < -0.4 is 19.5 Å². The molecule has 1 N–H and O–H groups in total. The third-order valence-electron chi connectivity index (χ3n) is 3.64. The Balaban J connectivity index is 1.64. The maximum atomic E-state index is 11.8. The molecule has 3 rings (SSSR count). The molecule has 0 unspecified atom stereocenters. The predicted molar refractivity (Wildman–Crippen MR) is 116 cm³/mol. The van der Waals surface area contributed by atoms with Crippen LogP contribution in [0.15, 0.2) is 47.4 Å². The van der Waals surface area contributed by atoms with Crippen molar-refractivity contribution in [1.82, 2.24) is 5.32 Å². The second-order valence-corrected chi connectivity index (χ2v) is 7.74. The van der Waals surface area contributed by atoms with Crippen LogP contribution in [0.25, 0.3) is 6.08 Å². The summed E-state index contributed by atoms with van der Waals surface area (Å²) in [5, 5.41) is 3.16. The molecule has 0 bridgehead atoms. The van der Waals surface area contributed by atoms with Gasteiger partial charge in [-0.25, -0.2) is 0 Å². The molecule has 8 heteroatoms. The normalized spacial score (nSPS) is 14.9. The summed E-state index contributed by atoms with van der Waals surface area (Å²) in [4.78, 5) is 12.4. The highest BCUT2D eigenvalue weighted by molar-refractivity contribution is 8.26. The third kappa shape index (κ3) is 5.41. The van der Waals surface area contributed by atoms with E-state index in [1.807, 2.05) is 37.3 Å². The van der Waals surface area contributed by atoms with Crippen LogP contribution in [0.3, 0.4) is 0 Å². The molecular formula is C20H18ClNO4S2. The average Bonchev–Trinajstić information content (AvgIpc) is 2.99. The van der Waals surface area contributed by atoms with Gasteiger partial charge in [-0.3, -0.25) is 4.79 Å². The minimum absolute atomic E-state index is 0.190. The zero-order valence-electron chi connectivity index (χ0n) is 15.1. The van der Waals surface area contributed by atoms with E-state index in [0.29, 0.717) is 51.3 Å². The van der Waals surface area contributed by atoms with Crippen LogP contribution in [0.2, 0.25) is 5.02 Å². The van der Waals surface area contributed by atoms with Gasteiger partial charge < -0.3 is 19.5 Å². The Morgan fingerprint density at radius 3 is 2.50 bits per heavy atom. The molecule has 0 atom stereocenters. The lowest BCUT2D eigenvalue weighted by Gasteiger charge is -2.13. The smallest absolute Gasteiger partial charge is 0.263 e. The molecule has 2 aromatic rings. The summed E-state index contributed by atoms with van der Waals surface area (Å²) in [6.07, 6.45) is 1.77. The van der Waals surface area contributed by atoms with Crippen LogP contribution in [0.5, 0.6) is 17.2 Å². The van der Waals surface area contributed by atoms with E-state index >= 15 is 0 Å². The number of rotatable bonds is 8. The number of halogens is 1. The van der Waals surface area contributed by atoms with Gasteiger partial charge in [0, 0.05) is 0 Å². The molecule has 1 fully saturated rings. The van der Waals surface area contributed by atoms with Gasteiger partial charge in [-0.2, -0.15) is 0 Å². The molecule has 1 heterocycles. The molecule has 0 spiro atoms. The number of carbonyl (C=O) groups excluding carboxylic acids is 1. The first-order valence-corrected chi connectivity index (χ1v) is 10.2. The van der Waals surface area contributed by atoms with Crippen molar-refractivity contribution in [1.29, 1.82) is 0 Å². The quantitative estimate of drug-likeness (QED) is 0.369. The van der Waals surface area contributed by atoms with E-state index < -0.39 is 0 Å². The number of thioether (sulfide) groups is 1. The lowest BCUT2D eigenvalue weighted by Crippen LogP contribution is -2.17. The Hall–Kier alpha value is -2.22. The minimum atomic E-state index is -0.190. The Morgan fingerprint density at radius 2 is 1.82 bits per heavy atom. The van der Waals surface area contributed by atoms with Gasteiger partial charge in [0.25, 0.3) is 5.91 Å². The largest absolute Gasteiger partial charge is 0.490 e. The van der Waals surface area contributed by atoms with Gasteiger partial charge in [-0.05, 0) is 42.8 Å². The molecule has 2 aromatic carbocycles. The Kier molecular flexibility index (Phi) is 7.19. The van der Waals surface area contributed by atoms with E-state index in [1.54, 1.807) is 18.2 Å². The van der Waals surface area contributed by atoms with Crippen LogP contribution in [0.4, 0.5) is 0 Å². The first-order chi connectivity index (χ1) is 13.6.